The Hall–Kier alpha value is -13.6. The summed E-state index contributed by atoms with van der Waals surface area (Å²) in [7, 11) is 0. The van der Waals surface area contributed by atoms with E-state index < -0.39 is 0 Å². The van der Waals surface area contributed by atoms with Crippen molar-refractivity contribution in [1.29, 1.82) is 0 Å². The van der Waals surface area contributed by atoms with E-state index in [1.807, 2.05) is 310 Å². The maximum atomic E-state index is 4.51. The van der Waals surface area contributed by atoms with E-state index >= 15 is 0 Å². The zero-order valence-electron chi connectivity index (χ0n) is 69.9. The summed E-state index contributed by atoms with van der Waals surface area (Å²) in [6.07, 6.45) is 14.5. The van der Waals surface area contributed by atoms with Gasteiger partial charge in [0.15, 0.2) is 0 Å². The van der Waals surface area contributed by atoms with Crippen molar-refractivity contribution in [2.75, 3.05) is 0 Å². The van der Waals surface area contributed by atoms with Crippen LogP contribution >= 0.6 is 0 Å². The van der Waals surface area contributed by atoms with Crippen LogP contribution < -0.4 is 0 Å². The van der Waals surface area contributed by atoms with Gasteiger partial charge in [-0.2, -0.15) is 0 Å². The molecule has 8 aromatic heterocycles. The molecule has 12 aromatic carbocycles. The fraction of sp³-hybridized carbons (Fsp3) is 0.0261. The molecular formula is C115H86Ir4N8-8. The predicted octanol–water partition coefficient (Wildman–Crippen LogP) is 28.0. The minimum Gasteiger partial charge on any atom is -0.305 e. The van der Waals surface area contributed by atoms with E-state index in [-0.39, 0.29) is 80.4 Å². The van der Waals surface area contributed by atoms with Crippen LogP contribution in [0.5, 0.6) is 0 Å². The smallest absolute Gasteiger partial charge is 0.0166 e. The third-order valence-electron chi connectivity index (χ3n) is 18.8. The van der Waals surface area contributed by atoms with Crippen molar-refractivity contribution >= 4 is 0 Å². The van der Waals surface area contributed by atoms with Crippen molar-refractivity contribution in [2.24, 2.45) is 0 Å². The Morgan fingerprint density at radius 2 is 0.386 bits per heavy atom. The first-order valence-corrected chi connectivity index (χ1v) is 40.3. The number of aromatic nitrogens is 8. The van der Waals surface area contributed by atoms with Crippen molar-refractivity contribution < 1.29 is 80.4 Å². The largest absolute Gasteiger partial charge is 0.305 e. The number of hydrogen-bond acceptors (Lipinski definition) is 8. The number of rotatable bonds is 12. The van der Waals surface area contributed by atoms with E-state index in [1.54, 1.807) is 31.0 Å². The second-order valence-corrected chi connectivity index (χ2v) is 27.8. The molecule has 0 N–H and O–H groups in total. The van der Waals surface area contributed by atoms with Crippen LogP contribution in [0.25, 0.3) is 135 Å². The van der Waals surface area contributed by atoms with Crippen LogP contribution in [-0.4, -0.2) is 39.9 Å². The van der Waals surface area contributed by atoms with E-state index in [1.165, 1.54) is 61.2 Å². The fourth-order valence-electron chi connectivity index (χ4n) is 12.4. The van der Waals surface area contributed by atoms with Gasteiger partial charge < -0.3 is 39.9 Å². The van der Waals surface area contributed by atoms with Gasteiger partial charge in [0.1, 0.15) is 0 Å². The average molecular weight is 2350 g/mol. The van der Waals surface area contributed by atoms with Crippen LogP contribution in [0.15, 0.2) is 468 Å². The molecule has 0 bridgehead atoms. The summed E-state index contributed by atoms with van der Waals surface area (Å²) >= 11 is 0. The average Bonchev–Trinajstić information content (AvgIpc) is 0.823. The van der Waals surface area contributed by atoms with Crippen molar-refractivity contribution in [3.8, 4) is 135 Å². The van der Waals surface area contributed by atoms with E-state index in [0.717, 1.165) is 90.1 Å². The number of aryl methyl sites for hydroxylation is 3. The van der Waals surface area contributed by atoms with Gasteiger partial charge in [-0.1, -0.05) is 242 Å². The first kappa shape index (κ1) is 97.2. The van der Waals surface area contributed by atoms with Gasteiger partial charge in [-0.15, -0.1) is 274 Å². The number of benzene rings is 12. The fourth-order valence-corrected chi connectivity index (χ4v) is 12.4. The molecule has 630 valence electrons. The van der Waals surface area contributed by atoms with Crippen molar-refractivity contribution in [3.05, 3.63) is 533 Å². The molecule has 12 heteroatoms. The van der Waals surface area contributed by atoms with Crippen molar-refractivity contribution in [2.45, 2.75) is 20.8 Å². The maximum Gasteiger partial charge on any atom is 0.0166 e. The molecule has 0 atom stereocenters. The second kappa shape index (κ2) is 54.2. The molecule has 0 saturated heterocycles. The first-order valence-electron chi connectivity index (χ1n) is 40.3. The Labute approximate surface area is 801 Å². The normalized spacial score (nSPS) is 9.76. The molecule has 127 heavy (non-hydrogen) atoms. The zero-order valence-corrected chi connectivity index (χ0v) is 79.4. The molecular weight excluding hydrogens is 2260 g/mol. The molecule has 0 amide bonds. The Bertz CT molecular complexity index is 5840. The summed E-state index contributed by atoms with van der Waals surface area (Å²) < 4.78 is 0. The van der Waals surface area contributed by atoms with Crippen LogP contribution in [0.1, 0.15) is 16.7 Å². The molecule has 0 aliphatic heterocycles. The summed E-state index contributed by atoms with van der Waals surface area (Å²) in [5.74, 6) is 0. The summed E-state index contributed by atoms with van der Waals surface area (Å²) in [5.41, 5.74) is 29.2. The second-order valence-electron chi connectivity index (χ2n) is 27.8. The van der Waals surface area contributed by atoms with E-state index in [0.29, 0.717) is 0 Å². The van der Waals surface area contributed by atoms with Gasteiger partial charge in [-0.3, -0.25) is 0 Å². The maximum absolute atomic E-state index is 4.51. The molecule has 20 rings (SSSR count). The van der Waals surface area contributed by atoms with E-state index in [4.69, 9.17) is 0 Å². The summed E-state index contributed by atoms with van der Waals surface area (Å²) in [6, 6.07) is 165. The minimum absolute atomic E-state index is 0. The van der Waals surface area contributed by atoms with Gasteiger partial charge in [0, 0.05) is 130 Å². The molecule has 4 radical (unpaired) electrons. The first-order chi connectivity index (χ1) is 60.8. The van der Waals surface area contributed by atoms with Crippen LogP contribution in [-0.2, 0) is 80.4 Å². The Morgan fingerprint density at radius 3 is 0.630 bits per heavy atom. The summed E-state index contributed by atoms with van der Waals surface area (Å²) in [5, 5.41) is 0. The van der Waals surface area contributed by atoms with Crippen molar-refractivity contribution in [3.63, 3.8) is 0 Å². The predicted molar refractivity (Wildman–Crippen MR) is 504 cm³/mol. The third kappa shape index (κ3) is 31.6. The third-order valence-corrected chi connectivity index (χ3v) is 18.8. The van der Waals surface area contributed by atoms with Crippen LogP contribution in [0, 0.1) is 69.3 Å². The summed E-state index contributed by atoms with van der Waals surface area (Å²) in [6.45, 7) is 6.19. The minimum atomic E-state index is 0. The Kier molecular flexibility index (Phi) is 41.5. The topological polar surface area (TPSA) is 103 Å². The molecule has 0 unspecified atom stereocenters. The number of nitrogens with zero attached hydrogens (tertiary/aromatic N) is 8. The quantitative estimate of drug-likeness (QED) is 0.111. The van der Waals surface area contributed by atoms with E-state index in [9.17, 15) is 0 Å². The van der Waals surface area contributed by atoms with Crippen LogP contribution in [0.2, 0.25) is 0 Å². The summed E-state index contributed by atoms with van der Waals surface area (Å²) in [4.78, 5) is 34.4. The van der Waals surface area contributed by atoms with Gasteiger partial charge in [-0.25, -0.2) is 0 Å². The van der Waals surface area contributed by atoms with Gasteiger partial charge in [-0.05, 0) is 123 Å². The van der Waals surface area contributed by atoms with Crippen LogP contribution in [0.4, 0.5) is 0 Å². The van der Waals surface area contributed by atoms with Gasteiger partial charge >= 0.3 is 0 Å². The molecule has 8 heterocycles. The van der Waals surface area contributed by atoms with E-state index in [2.05, 4.69) is 237 Å². The molecule has 0 spiro atoms. The molecule has 0 aliphatic rings. The van der Waals surface area contributed by atoms with Gasteiger partial charge in [0.2, 0.25) is 0 Å². The number of hydrogen-bond donors (Lipinski definition) is 0. The SMILES string of the molecule is Cc1c[c-]c(-c2cc(-c3ccccc3)ccn2)cc1.Cc1c[c-]c(-c2cc(C)ccn2)cc1.[Ir].[Ir].[Ir].[Ir].[c-]1cc(-c2ccccc2)ccc1-c1cc(-c2ccccc2)ccn1.[c-]1cc(-c2ccccc2)ccc1-c1ccccn1.[c-]1ccccc1-c1ccccn1.[c-]1ccccc1-c1ccccn1.[c-]1ccccc1-c1ccccn1.[c-]1ccccc1-c1ccccn1. The van der Waals surface area contributed by atoms with Crippen LogP contribution in [0.3, 0.4) is 0 Å². The Balaban J connectivity index is 0.000000165. The molecule has 8 nitrogen and oxygen atoms in total. The van der Waals surface area contributed by atoms with Gasteiger partial charge in [0.05, 0.1) is 0 Å². The molecule has 0 aliphatic carbocycles. The molecule has 0 fully saturated rings. The molecule has 0 saturated carbocycles. The standard InChI is InChI=1S/C23H16N.C18H14N.C17H12N.C13H12N.4C11H8N.4Ir/c1-3-7-18(8-4-1)20-11-13-21(14-12-20)23-17-22(15-16-24-23)19-9-5-2-6-10-19;1-14-7-9-16(10-8-14)18-13-17(11-12-19-18)15-5-3-2-4-6-15;1-2-6-14(7-3-1)15-9-11-16(12-10-15)17-8-4-5-13-18-17;1-10-3-5-12(6-4-10)13-9-11(2)7-8-14-13;4*1-2-6-10(7-3-1)11-8-4-5-9-12-11;;;;/h1-13,15-17H;2-9,11-13H,1H3;1-11,13H;3-5,7-9H,1-2H3;4*1-6,8-9H;;;;/q8*-1;;;;. The number of pyridine rings is 8. The molecule has 20 aromatic rings. The monoisotopic (exact) mass is 2350 g/mol. The van der Waals surface area contributed by atoms with Gasteiger partial charge in [0.25, 0.3) is 0 Å². The Morgan fingerprint density at radius 1 is 0.150 bits per heavy atom. The zero-order chi connectivity index (χ0) is 84.3. The van der Waals surface area contributed by atoms with Crippen molar-refractivity contribution in [1.82, 2.24) is 39.9 Å².